The van der Waals surface area contributed by atoms with Crippen molar-refractivity contribution < 1.29 is 37.1 Å². The number of rotatable bonds is 5. The third-order valence-corrected chi connectivity index (χ3v) is 4.81. The van der Waals surface area contributed by atoms with Gasteiger partial charge in [-0.05, 0) is 18.1 Å². The van der Waals surface area contributed by atoms with E-state index in [1.165, 1.54) is 24.9 Å². The standard InChI is InChI=1S/C15H17F3N4O5S/c1-9(23)28-12-3-4-21(27-14(25)15(16,17)18)7-10(12)5-11-6-19-20-22(11)8-13(24)26-2/h5-6,12H,3-4,7-8H2,1-2H3/b10-5+. The summed E-state index contributed by atoms with van der Waals surface area (Å²) in [5.41, 5.74) is 0.911. The van der Waals surface area contributed by atoms with Crippen molar-refractivity contribution in [3.05, 3.63) is 17.5 Å². The van der Waals surface area contributed by atoms with E-state index in [1.807, 2.05) is 0 Å². The van der Waals surface area contributed by atoms with Gasteiger partial charge in [0.25, 0.3) is 0 Å². The Morgan fingerprint density at radius 3 is 2.71 bits per heavy atom. The Hall–Kier alpha value is -2.41. The quantitative estimate of drug-likeness (QED) is 0.648. The Balaban J connectivity index is 2.23. The van der Waals surface area contributed by atoms with Gasteiger partial charge >= 0.3 is 18.1 Å². The zero-order valence-electron chi connectivity index (χ0n) is 14.9. The maximum atomic E-state index is 12.4. The van der Waals surface area contributed by atoms with E-state index in [9.17, 15) is 27.6 Å². The molecule has 154 valence electrons. The van der Waals surface area contributed by atoms with E-state index in [4.69, 9.17) is 0 Å². The van der Waals surface area contributed by atoms with Crippen LogP contribution in [0.3, 0.4) is 0 Å². The SMILES string of the molecule is COC(=O)Cn1nncc1/C=C1\CN(OC(=O)C(F)(F)F)CCC1SC(C)=O. The minimum absolute atomic E-state index is 0.0315. The highest BCUT2D eigenvalue weighted by Crippen LogP contribution is 2.30. The Morgan fingerprint density at radius 2 is 2.11 bits per heavy atom. The van der Waals surface area contributed by atoms with Gasteiger partial charge in [-0.3, -0.25) is 9.59 Å². The third-order valence-electron chi connectivity index (χ3n) is 3.65. The number of nitrogens with zero attached hydrogens (tertiary/aromatic N) is 4. The minimum atomic E-state index is -5.11. The van der Waals surface area contributed by atoms with E-state index < -0.39 is 18.1 Å². The summed E-state index contributed by atoms with van der Waals surface area (Å²) in [6.07, 6.45) is -1.93. The molecular formula is C15H17F3N4O5S. The molecule has 0 aromatic carbocycles. The second-order valence-electron chi connectivity index (χ2n) is 5.74. The van der Waals surface area contributed by atoms with E-state index in [-0.39, 0.29) is 36.4 Å². The van der Waals surface area contributed by atoms with Gasteiger partial charge in [0.15, 0.2) is 5.12 Å². The highest BCUT2D eigenvalue weighted by Gasteiger charge is 2.43. The summed E-state index contributed by atoms with van der Waals surface area (Å²) in [6, 6.07) is 0. The molecule has 0 amide bonds. The molecule has 9 nitrogen and oxygen atoms in total. The first-order valence-corrected chi connectivity index (χ1v) is 8.85. The molecule has 1 aliphatic heterocycles. The number of piperidine rings is 1. The van der Waals surface area contributed by atoms with Crippen molar-refractivity contribution >= 4 is 34.9 Å². The Morgan fingerprint density at radius 1 is 1.39 bits per heavy atom. The molecule has 1 aromatic heterocycles. The highest BCUT2D eigenvalue weighted by atomic mass is 32.2. The van der Waals surface area contributed by atoms with E-state index in [0.29, 0.717) is 11.3 Å². The van der Waals surface area contributed by atoms with Crippen LogP contribution in [0.15, 0.2) is 11.8 Å². The summed E-state index contributed by atoms with van der Waals surface area (Å²) in [7, 11) is 1.21. The van der Waals surface area contributed by atoms with Crippen LogP contribution in [-0.4, -0.2) is 68.7 Å². The van der Waals surface area contributed by atoms with Crippen molar-refractivity contribution in [2.45, 2.75) is 31.3 Å². The molecule has 1 aliphatic rings. The Bertz CT molecular complexity index is 780. The summed E-state index contributed by atoms with van der Waals surface area (Å²) in [5, 5.41) is 7.83. The number of halogens is 3. The van der Waals surface area contributed by atoms with Crippen molar-refractivity contribution in [1.29, 1.82) is 0 Å². The van der Waals surface area contributed by atoms with Crippen LogP contribution in [0, 0.1) is 0 Å². The Labute approximate surface area is 161 Å². The van der Waals surface area contributed by atoms with Crippen molar-refractivity contribution in [2.24, 2.45) is 0 Å². The number of hydrogen-bond acceptors (Lipinski definition) is 9. The van der Waals surface area contributed by atoms with E-state index in [2.05, 4.69) is 19.9 Å². The topological polar surface area (TPSA) is 104 Å². The fourth-order valence-corrected chi connectivity index (χ4v) is 3.35. The maximum absolute atomic E-state index is 12.4. The largest absolute Gasteiger partial charge is 0.492 e. The number of hydrogen-bond donors (Lipinski definition) is 0. The normalized spacial score (nSPS) is 19.5. The first-order valence-electron chi connectivity index (χ1n) is 7.97. The second-order valence-corrected chi connectivity index (χ2v) is 7.12. The summed E-state index contributed by atoms with van der Waals surface area (Å²) in [5.74, 6) is -2.88. The van der Waals surface area contributed by atoms with E-state index >= 15 is 0 Å². The van der Waals surface area contributed by atoms with Crippen LogP contribution < -0.4 is 0 Å². The van der Waals surface area contributed by atoms with Gasteiger partial charge in [-0.25, -0.2) is 9.48 Å². The van der Waals surface area contributed by atoms with Crippen molar-refractivity contribution in [2.75, 3.05) is 20.2 Å². The van der Waals surface area contributed by atoms with Crippen LogP contribution >= 0.6 is 11.8 Å². The van der Waals surface area contributed by atoms with Gasteiger partial charge < -0.3 is 9.57 Å². The first kappa shape index (κ1) is 21.9. The number of alkyl halides is 3. The zero-order valence-corrected chi connectivity index (χ0v) is 15.7. The lowest BCUT2D eigenvalue weighted by atomic mass is 10.0. The summed E-state index contributed by atoms with van der Waals surface area (Å²) in [4.78, 5) is 38.4. The molecule has 0 saturated carbocycles. The molecule has 1 atom stereocenters. The molecule has 0 radical (unpaired) electrons. The molecule has 1 aromatic rings. The number of thioether (sulfide) groups is 1. The van der Waals surface area contributed by atoms with Gasteiger partial charge in [0, 0.05) is 18.7 Å². The average Bonchev–Trinajstić information content (AvgIpc) is 3.02. The van der Waals surface area contributed by atoms with Crippen molar-refractivity contribution in [1.82, 2.24) is 20.1 Å². The number of hydroxylamine groups is 2. The van der Waals surface area contributed by atoms with Gasteiger partial charge in [0.1, 0.15) is 6.54 Å². The van der Waals surface area contributed by atoms with Crippen molar-refractivity contribution in [3.63, 3.8) is 0 Å². The lowest BCUT2D eigenvalue weighted by Crippen LogP contribution is -2.41. The summed E-state index contributed by atoms with van der Waals surface area (Å²) in [6.45, 7) is 1.05. The average molecular weight is 422 g/mol. The van der Waals surface area contributed by atoms with Gasteiger partial charge in [-0.1, -0.05) is 17.0 Å². The lowest BCUT2D eigenvalue weighted by Gasteiger charge is -2.32. The fraction of sp³-hybridized carbons (Fsp3) is 0.533. The van der Waals surface area contributed by atoms with Crippen molar-refractivity contribution in [3.8, 4) is 0 Å². The number of carbonyl (C=O) groups excluding carboxylic acids is 3. The van der Waals surface area contributed by atoms with Gasteiger partial charge in [0.2, 0.25) is 0 Å². The van der Waals surface area contributed by atoms with Crippen LogP contribution in [-0.2, 0) is 30.5 Å². The van der Waals surface area contributed by atoms with Crippen LogP contribution in [0.2, 0.25) is 0 Å². The molecule has 0 spiro atoms. The lowest BCUT2D eigenvalue weighted by molar-refractivity contribution is -0.238. The monoisotopic (exact) mass is 422 g/mol. The molecule has 1 saturated heterocycles. The molecule has 0 aliphatic carbocycles. The van der Waals surface area contributed by atoms with Gasteiger partial charge in [0.05, 0.1) is 25.5 Å². The van der Waals surface area contributed by atoms with Gasteiger partial charge in [-0.15, -0.1) is 10.2 Å². The second kappa shape index (κ2) is 9.19. The molecule has 13 heteroatoms. The molecule has 2 rings (SSSR count). The number of methoxy groups -OCH3 is 1. The number of ether oxygens (including phenoxy) is 1. The minimum Gasteiger partial charge on any atom is -0.468 e. The molecule has 1 fully saturated rings. The van der Waals surface area contributed by atoms with E-state index in [0.717, 1.165) is 16.8 Å². The smallest absolute Gasteiger partial charge is 0.468 e. The highest BCUT2D eigenvalue weighted by molar-refractivity contribution is 8.14. The molecule has 2 heterocycles. The zero-order chi connectivity index (χ0) is 20.9. The summed E-state index contributed by atoms with van der Waals surface area (Å²) >= 11 is 1.02. The predicted molar refractivity (Wildman–Crippen MR) is 90.4 cm³/mol. The van der Waals surface area contributed by atoms with Crippen LogP contribution in [0.4, 0.5) is 13.2 Å². The van der Waals surface area contributed by atoms with Crippen LogP contribution in [0.1, 0.15) is 19.0 Å². The first-order chi connectivity index (χ1) is 13.1. The predicted octanol–water partition coefficient (Wildman–Crippen LogP) is 1.21. The number of carbonyl (C=O) groups is 3. The van der Waals surface area contributed by atoms with Crippen LogP contribution in [0.5, 0.6) is 0 Å². The fourth-order valence-electron chi connectivity index (χ4n) is 2.43. The maximum Gasteiger partial charge on any atom is 0.492 e. The summed E-state index contributed by atoms with van der Waals surface area (Å²) < 4.78 is 43.1. The number of aromatic nitrogens is 3. The Kier molecular flexibility index (Phi) is 7.18. The van der Waals surface area contributed by atoms with E-state index in [1.54, 1.807) is 6.08 Å². The molecule has 1 unspecified atom stereocenters. The third kappa shape index (κ3) is 6.05. The molecule has 0 bridgehead atoms. The van der Waals surface area contributed by atoms with Gasteiger partial charge in [-0.2, -0.15) is 13.2 Å². The number of esters is 1. The molecule has 28 heavy (non-hydrogen) atoms. The molecule has 0 N–H and O–H groups in total. The molecular weight excluding hydrogens is 405 g/mol. The van der Waals surface area contributed by atoms with Crippen LogP contribution in [0.25, 0.3) is 6.08 Å².